The van der Waals surface area contributed by atoms with E-state index in [4.69, 9.17) is 11.1 Å². The van der Waals surface area contributed by atoms with Crippen molar-refractivity contribution >= 4 is 17.8 Å². The van der Waals surface area contributed by atoms with Crippen molar-refractivity contribution in [3.63, 3.8) is 0 Å². The van der Waals surface area contributed by atoms with Crippen LogP contribution >= 0.6 is 0 Å². The van der Waals surface area contributed by atoms with Crippen LogP contribution in [0.5, 0.6) is 5.88 Å². The maximum absolute atomic E-state index is 12.0. The lowest BCUT2D eigenvalue weighted by Gasteiger charge is -2.10. The highest BCUT2D eigenvalue weighted by molar-refractivity contribution is 5.94. The van der Waals surface area contributed by atoms with E-state index in [1.165, 1.54) is 6.07 Å². The number of carbonyl (C=O) groups is 1. The highest BCUT2D eigenvalue weighted by Crippen LogP contribution is 2.20. The summed E-state index contributed by atoms with van der Waals surface area (Å²) >= 11 is 0. The number of benzene rings is 1. The SMILES string of the molecule is N=Cc1c(N)cccc1CNC(=O)c1ccc(OC(F)(F)F)nc1. The van der Waals surface area contributed by atoms with Gasteiger partial charge in [-0.25, -0.2) is 4.98 Å². The van der Waals surface area contributed by atoms with Crippen LogP contribution in [0.4, 0.5) is 18.9 Å². The largest absolute Gasteiger partial charge is 0.574 e. The molecule has 0 aliphatic heterocycles. The predicted octanol–water partition coefficient (Wildman–Crippen LogP) is 2.49. The molecule has 1 heterocycles. The number of hydrogen-bond acceptors (Lipinski definition) is 5. The minimum absolute atomic E-state index is 0.0739. The summed E-state index contributed by atoms with van der Waals surface area (Å²) in [5.41, 5.74) is 7.35. The van der Waals surface area contributed by atoms with Gasteiger partial charge in [-0.15, -0.1) is 13.2 Å². The molecule has 2 rings (SSSR count). The van der Waals surface area contributed by atoms with Gasteiger partial charge in [-0.1, -0.05) is 12.1 Å². The molecule has 1 aromatic carbocycles. The number of nitrogens with zero attached hydrogens (tertiary/aromatic N) is 1. The molecule has 0 aliphatic carbocycles. The Morgan fingerprint density at radius 1 is 1.33 bits per heavy atom. The van der Waals surface area contributed by atoms with Crippen LogP contribution < -0.4 is 15.8 Å². The highest BCUT2D eigenvalue weighted by atomic mass is 19.4. The maximum Gasteiger partial charge on any atom is 0.574 e. The Kier molecular flexibility index (Phi) is 5.02. The van der Waals surface area contributed by atoms with Crippen molar-refractivity contribution in [2.24, 2.45) is 0 Å². The second-order valence-electron chi connectivity index (χ2n) is 4.68. The average molecular weight is 338 g/mol. The monoisotopic (exact) mass is 338 g/mol. The smallest absolute Gasteiger partial charge is 0.398 e. The Morgan fingerprint density at radius 3 is 2.67 bits per heavy atom. The fraction of sp³-hybridized carbons (Fsp3) is 0.133. The van der Waals surface area contributed by atoms with Gasteiger partial charge >= 0.3 is 6.36 Å². The molecule has 0 aliphatic rings. The second-order valence-corrected chi connectivity index (χ2v) is 4.68. The average Bonchev–Trinajstić information content (AvgIpc) is 2.52. The standard InChI is InChI=1S/C15H13F3N4O2/c16-15(17,18)24-13-5-4-10(8-21-13)14(23)22-7-9-2-1-3-12(20)11(9)6-19/h1-6,8,19H,7,20H2,(H,22,23). The van der Waals surface area contributed by atoms with Crippen molar-refractivity contribution in [3.05, 3.63) is 53.2 Å². The van der Waals surface area contributed by atoms with Crippen molar-refractivity contribution < 1.29 is 22.7 Å². The van der Waals surface area contributed by atoms with E-state index in [0.29, 0.717) is 16.8 Å². The van der Waals surface area contributed by atoms with Gasteiger partial charge < -0.3 is 21.2 Å². The second kappa shape index (κ2) is 6.99. The Balaban J connectivity index is 2.03. The van der Waals surface area contributed by atoms with Crippen molar-refractivity contribution in [3.8, 4) is 5.88 Å². The van der Waals surface area contributed by atoms with Crippen LogP contribution in [0.2, 0.25) is 0 Å². The molecule has 9 heteroatoms. The van der Waals surface area contributed by atoms with Crippen molar-refractivity contribution in [1.82, 2.24) is 10.3 Å². The molecule has 1 amide bonds. The van der Waals surface area contributed by atoms with E-state index < -0.39 is 18.1 Å². The van der Waals surface area contributed by atoms with E-state index in [1.807, 2.05) is 0 Å². The van der Waals surface area contributed by atoms with Gasteiger partial charge in [0.2, 0.25) is 5.88 Å². The van der Waals surface area contributed by atoms with Crippen LogP contribution in [-0.2, 0) is 6.54 Å². The summed E-state index contributed by atoms with van der Waals surface area (Å²) in [6, 6.07) is 7.14. The number of alkyl halides is 3. The first-order valence-electron chi connectivity index (χ1n) is 6.68. The van der Waals surface area contributed by atoms with Gasteiger partial charge in [0.15, 0.2) is 0 Å². The molecule has 6 nitrogen and oxygen atoms in total. The first-order valence-corrected chi connectivity index (χ1v) is 6.68. The lowest BCUT2D eigenvalue weighted by molar-refractivity contribution is -0.276. The molecule has 0 unspecified atom stereocenters. The van der Waals surface area contributed by atoms with Gasteiger partial charge in [-0.05, 0) is 17.7 Å². The first kappa shape index (κ1) is 17.3. The number of anilines is 1. The number of pyridine rings is 1. The molecule has 0 spiro atoms. The summed E-state index contributed by atoms with van der Waals surface area (Å²) in [5.74, 6) is -1.18. The minimum atomic E-state index is -4.84. The number of carbonyl (C=O) groups excluding carboxylic acids is 1. The number of hydrogen-bond donors (Lipinski definition) is 3. The Bertz CT molecular complexity index is 745. The molecular weight excluding hydrogens is 325 g/mol. The fourth-order valence-corrected chi connectivity index (χ4v) is 1.93. The number of nitrogens with two attached hydrogens (primary N) is 1. The zero-order valence-corrected chi connectivity index (χ0v) is 12.2. The molecule has 0 fully saturated rings. The van der Waals surface area contributed by atoms with Crippen LogP contribution in [0.15, 0.2) is 36.5 Å². The van der Waals surface area contributed by atoms with Crippen molar-refractivity contribution in [2.45, 2.75) is 12.9 Å². The Hall–Kier alpha value is -3.10. The minimum Gasteiger partial charge on any atom is -0.398 e. The van der Waals surface area contributed by atoms with E-state index in [0.717, 1.165) is 18.5 Å². The third-order valence-corrected chi connectivity index (χ3v) is 3.03. The zero-order valence-electron chi connectivity index (χ0n) is 12.2. The fourth-order valence-electron chi connectivity index (χ4n) is 1.93. The van der Waals surface area contributed by atoms with Gasteiger partial charge in [-0.3, -0.25) is 4.79 Å². The number of nitrogens with one attached hydrogen (secondary N) is 2. The molecule has 24 heavy (non-hydrogen) atoms. The summed E-state index contributed by atoms with van der Waals surface area (Å²) in [4.78, 5) is 15.4. The lowest BCUT2D eigenvalue weighted by Crippen LogP contribution is -2.24. The number of rotatable bonds is 5. The van der Waals surface area contributed by atoms with Gasteiger partial charge in [0.1, 0.15) is 0 Å². The highest BCUT2D eigenvalue weighted by Gasteiger charge is 2.31. The van der Waals surface area contributed by atoms with E-state index in [2.05, 4.69) is 15.0 Å². The summed E-state index contributed by atoms with van der Waals surface area (Å²) in [6.45, 7) is 0.107. The molecule has 126 valence electrons. The number of aromatic nitrogens is 1. The zero-order chi connectivity index (χ0) is 17.7. The van der Waals surface area contributed by atoms with E-state index in [-0.39, 0.29) is 12.1 Å². The molecule has 0 saturated carbocycles. The Morgan fingerprint density at radius 2 is 2.08 bits per heavy atom. The predicted molar refractivity (Wildman–Crippen MR) is 80.8 cm³/mol. The summed E-state index contributed by atoms with van der Waals surface area (Å²) in [6.07, 6.45) is -2.78. The third kappa shape index (κ3) is 4.45. The normalized spacial score (nSPS) is 11.0. The molecule has 0 atom stereocenters. The van der Waals surface area contributed by atoms with E-state index in [1.54, 1.807) is 18.2 Å². The number of ether oxygens (including phenoxy) is 1. The van der Waals surface area contributed by atoms with Crippen molar-refractivity contribution in [1.29, 1.82) is 5.41 Å². The van der Waals surface area contributed by atoms with Gasteiger partial charge in [0, 0.05) is 36.3 Å². The number of halogens is 3. The van der Waals surface area contributed by atoms with Crippen LogP contribution in [0.1, 0.15) is 21.5 Å². The van der Waals surface area contributed by atoms with Crippen LogP contribution in [0.3, 0.4) is 0 Å². The molecule has 0 radical (unpaired) electrons. The van der Waals surface area contributed by atoms with E-state index in [9.17, 15) is 18.0 Å². The topological polar surface area (TPSA) is 101 Å². The summed E-state index contributed by atoms with van der Waals surface area (Å²) in [7, 11) is 0. The van der Waals surface area contributed by atoms with Crippen LogP contribution in [0.25, 0.3) is 0 Å². The molecular formula is C15H13F3N4O2. The van der Waals surface area contributed by atoms with Crippen LogP contribution in [0, 0.1) is 5.41 Å². The van der Waals surface area contributed by atoms with Crippen molar-refractivity contribution in [2.75, 3.05) is 5.73 Å². The summed E-state index contributed by atoms with van der Waals surface area (Å²) < 4.78 is 39.8. The molecule has 1 aromatic heterocycles. The Labute approximate surface area is 135 Å². The first-order chi connectivity index (χ1) is 11.3. The molecule has 2 aromatic rings. The number of nitrogen functional groups attached to an aromatic ring is 1. The maximum atomic E-state index is 12.0. The van der Waals surface area contributed by atoms with Gasteiger partial charge in [0.05, 0.1) is 5.56 Å². The third-order valence-electron chi connectivity index (χ3n) is 3.03. The molecule has 0 bridgehead atoms. The van der Waals surface area contributed by atoms with Gasteiger partial charge in [0.25, 0.3) is 5.91 Å². The number of amides is 1. The molecule has 0 saturated heterocycles. The summed E-state index contributed by atoms with van der Waals surface area (Å²) in [5, 5.41) is 9.92. The van der Waals surface area contributed by atoms with Crippen LogP contribution in [-0.4, -0.2) is 23.5 Å². The van der Waals surface area contributed by atoms with E-state index >= 15 is 0 Å². The molecule has 4 N–H and O–H groups in total. The van der Waals surface area contributed by atoms with Gasteiger partial charge in [-0.2, -0.15) is 0 Å². The quantitative estimate of drug-likeness (QED) is 0.576. The lowest BCUT2D eigenvalue weighted by atomic mass is 10.1.